The molecular weight excluding hydrogens is 206 g/mol. The van der Waals surface area contributed by atoms with Crippen molar-refractivity contribution in [3.63, 3.8) is 0 Å². The Labute approximate surface area is 93.1 Å². The third-order valence-corrected chi connectivity index (χ3v) is 2.85. The van der Waals surface area contributed by atoms with Gasteiger partial charge in [-0.3, -0.25) is 0 Å². The first kappa shape index (κ1) is 10.5. The third-order valence-electron chi connectivity index (χ3n) is 2.85. The van der Waals surface area contributed by atoms with Crippen molar-refractivity contribution in [3.05, 3.63) is 29.5 Å². The van der Waals surface area contributed by atoms with Gasteiger partial charge in [-0.05, 0) is 25.1 Å². The third kappa shape index (κ3) is 1.34. The van der Waals surface area contributed by atoms with Crippen molar-refractivity contribution in [1.82, 2.24) is 4.57 Å². The number of methoxy groups -OCH3 is 1. The summed E-state index contributed by atoms with van der Waals surface area (Å²) in [5, 5.41) is 9.88. The zero-order chi connectivity index (χ0) is 11.9. The largest absolute Gasteiger partial charge is 0.495 e. The Morgan fingerprint density at radius 2 is 2.12 bits per heavy atom. The number of carboxylic acids is 1. The molecule has 0 aliphatic carbocycles. The van der Waals surface area contributed by atoms with Gasteiger partial charge in [0.25, 0.3) is 0 Å². The van der Waals surface area contributed by atoms with Crippen molar-refractivity contribution < 1.29 is 14.6 Å². The summed E-state index contributed by atoms with van der Waals surface area (Å²) in [6.07, 6.45) is 0. The average molecular weight is 219 g/mol. The molecular formula is C12H13NO3. The maximum absolute atomic E-state index is 11.0. The molecule has 4 nitrogen and oxygen atoms in total. The van der Waals surface area contributed by atoms with E-state index in [1.54, 1.807) is 12.1 Å². The summed E-state index contributed by atoms with van der Waals surface area (Å²) in [5.41, 5.74) is 2.23. The summed E-state index contributed by atoms with van der Waals surface area (Å²) in [5.74, 6) is -0.547. The highest BCUT2D eigenvalue weighted by atomic mass is 16.5. The molecule has 0 saturated heterocycles. The molecule has 0 aliphatic heterocycles. The van der Waals surface area contributed by atoms with Crippen LogP contribution in [0.5, 0.6) is 5.75 Å². The highest BCUT2D eigenvalue weighted by Gasteiger charge is 2.16. The van der Waals surface area contributed by atoms with Gasteiger partial charge in [-0.2, -0.15) is 0 Å². The van der Waals surface area contributed by atoms with E-state index in [9.17, 15) is 4.79 Å². The summed E-state index contributed by atoms with van der Waals surface area (Å²) < 4.78 is 7.20. The topological polar surface area (TPSA) is 51.5 Å². The van der Waals surface area contributed by atoms with Gasteiger partial charge < -0.3 is 14.4 Å². The van der Waals surface area contributed by atoms with E-state index in [0.717, 1.165) is 16.6 Å². The number of nitrogens with zero attached hydrogens (tertiary/aromatic N) is 1. The number of ether oxygens (including phenoxy) is 1. The van der Waals surface area contributed by atoms with Crippen LogP contribution in [0.1, 0.15) is 16.1 Å². The number of rotatable bonds is 2. The van der Waals surface area contributed by atoms with Crippen molar-refractivity contribution in [2.45, 2.75) is 6.92 Å². The predicted molar refractivity (Wildman–Crippen MR) is 61.2 cm³/mol. The zero-order valence-corrected chi connectivity index (χ0v) is 9.44. The number of benzene rings is 1. The van der Waals surface area contributed by atoms with Gasteiger partial charge in [0.2, 0.25) is 0 Å². The van der Waals surface area contributed by atoms with Crippen LogP contribution in [-0.4, -0.2) is 22.8 Å². The maximum Gasteiger partial charge on any atom is 0.339 e. The van der Waals surface area contributed by atoms with Crippen LogP contribution < -0.4 is 4.74 Å². The molecule has 2 rings (SSSR count). The molecule has 1 N–H and O–H groups in total. The Kier molecular flexibility index (Phi) is 2.34. The lowest BCUT2D eigenvalue weighted by molar-refractivity contribution is 0.0693. The second-order valence-electron chi connectivity index (χ2n) is 3.73. The Morgan fingerprint density at radius 1 is 1.44 bits per heavy atom. The molecule has 1 aromatic carbocycles. The number of aromatic carboxylic acids is 1. The summed E-state index contributed by atoms with van der Waals surface area (Å²) in [6.45, 7) is 1.97. The molecule has 0 aliphatic rings. The Hall–Kier alpha value is -1.97. The van der Waals surface area contributed by atoms with Gasteiger partial charge >= 0.3 is 5.97 Å². The molecule has 4 heteroatoms. The highest BCUT2D eigenvalue weighted by molar-refractivity contribution is 6.00. The van der Waals surface area contributed by atoms with E-state index >= 15 is 0 Å². The fourth-order valence-electron chi connectivity index (χ4n) is 1.91. The molecule has 2 aromatic rings. The first-order chi connectivity index (χ1) is 7.56. The van der Waals surface area contributed by atoms with Crippen molar-refractivity contribution in [2.75, 3.05) is 7.11 Å². The average Bonchev–Trinajstić information content (AvgIpc) is 2.54. The first-order valence-electron chi connectivity index (χ1n) is 4.92. The standard InChI is InChI=1S/C12H13NO3/c1-7-6-9-10(13(7)2)5-4-8(12(14)15)11(9)16-3/h4-6H,1-3H3,(H,14,15). The van der Waals surface area contributed by atoms with Gasteiger partial charge in [0.15, 0.2) is 0 Å². The Bertz CT molecular complexity index is 569. The second kappa shape index (κ2) is 3.56. The van der Waals surface area contributed by atoms with Crippen LogP contribution in [0.2, 0.25) is 0 Å². The maximum atomic E-state index is 11.0. The van der Waals surface area contributed by atoms with E-state index in [1.165, 1.54) is 7.11 Å². The van der Waals surface area contributed by atoms with Gasteiger partial charge in [-0.1, -0.05) is 0 Å². The molecule has 1 heterocycles. The molecule has 0 unspecified atom stereocenters. The number of carboxylic acid groups (broad SMARTS) is 1. The van der Waals surface area contributed by atoms with Crippen molar-refractivity contribution in [1.29, 1.82) is 0 Å². The summed E-state index contributed by atoms with van der Waals surface area (Å²) in [7, 11) is 3.43. The van der Waals surface area contributed by atoms with Crippen LogP contribution in [0.3, 0.4) is 0 Å². The fraction of sp³-hybridized carbons (Fsp3) is 0.250. The zero-order valence-electron chi connectivity index (χ0n) is 9.44. The van der Waals surface area contributed by atoms with E-state index in [2.05, 4.69) is 0 Å². The molecule has 84 valence electrons. The summed E-state index contributed by atoms with van der Waals surface area (Å²) in [4.78, 5) is 11.0. The normalized spacial score (nSPS) is 10.7. The van der Waals surface area contributed by atoms with Gasteiger partial charge in [-0.15, -0.1) is 0 Å². The summed E-state index contributed by atoms with van der Waals surface area (Å²) >= 11 is 0. The monoisotopic (exact) mass is 219 g/mol. The number of hydrogen-bond acceptors (Lipinski definition) is 2. The minimum Gasteiger partial charge on any atom is -0.495 e. The number of aromatic nitrogens is 1. The second-order valence-corrected chi connectivity index (χ2v) is 3.73. The Balaban J connectivity index is 2.86. The number of hydrogen-bond donors (Lipinski definition) is 1. The lowest BCUT2D eigenvalue weighted by atomic mass is 10.1. The fourth-order valence-corrected chi connectivity index (χ4v) is 1.91. The molecule has 0 radical (unpaired) electrons. The van der Waals surface area contributed by atoms with Crippen LogP contribution >= 0.6 is 0 Å². The highest BCUT2D eigenvalue weighted by Crippen LogP contribution is 2.31. The van der Waals surface area contributed by atoms with Crippen molar-refractivity contribution in [2.24, 2.45) is 7.05 Å². The number of carbonyl (C=O) groups is 1. The van der Waals surface area contributed by atoms with Crippen LogP contribution in [0.25, 0.3) is 10.9 Å². The van der Waals surface area contributed by atoms with Gasteiger partial charge in [0, 0.05) is 18.1 Å². The van der Waals surface area contributed by atoms with Crippen LogP contribution in [0.4, 0.5) is 0 Å². The number of aryl methyl sites for hydroxylation is 2. The van der Waals surface area contributed by atoms with E-state index < -0.39 is 5.97 Å². The van der Waals surface area contributed by atoms with Crippen LogP contribution in [0.15, 0.2) is 18.2 Å². The van der Waals surface area contributed by atoms with Gasteiger partial charge in [0.1, 0.15) is 11.3 Å². The van der Waals surface area contributed by atoms with E-state index in [0.29, 0.717) is 5.75 Å². The quantitative estimate of drug-likeness (QED) is 0.842. The molecule has 16 heavy (non-hydrogen) atoms. The molecule has 1 aromatic heterocycles. The molecule has 0 saturated carbocycles. The first-order valence-corrected chi connectivity index (χ1v) is 4.92. The predicted octanol–water partition coefficient (Wildman–Crippen LogP) is 2.19. The molecule has 0 bridgehead atoms. The number of fused-ring (bicyclic) bond motifs is 1. The van der Waals surface area contributed by atoms with E-state index in [-0.39, 0.29) is 5.56 Å². The molecule has 0 spiro atoms. The van der Waals surface area contributed by atoms with E-state index in [4.69, 9.17) is 9.84 Å². The minimum atomic E-state index is -0.972. The van der Waals surface area contributed by atoms with E-state index in [1.807, 2.05) is 24.6 Å². The Morgan fingerprint density at radius 3 is 2.69 bits per heavy atom. The lowest BCUT2D eigenvalue weighted by Gasteiger charge is -2.06. The SMILES string of the molecule is COc1c(C(=O)O)ccc2c1cc(C)n2C. The van der Waals surface area contributed by atoms with Gasteiger partial charge in [0.05, 0.1) is 12.6 Å². The molecule has 0 fully saturated rings. The molecule has 0 amide bonds. The van der Waals surface area contributed by atoms with Crippen molar-refractivity contribution in [3.8, 4) is 5.75 Å². The van der Waals surface area contributed by atoms with Gasteiger partial charge in [-0.25, -0.2) is 4.79 Å². The lowest BCUT2D eigenvalue weighted by Crippen LogP contribution is -2.00. The van der Waals surface area contributed by atoms with Crippen molar-refractivity contribution >= 4 is 16.9 Å². The van der Waals surface area contributed by atoms with Crippen LogP contribution in [-0.2, 0) is 7.05 Å². The van der Waals surface area contributed by atoms with Crippen LogP contribution in [0, 0.1) is 6.92 Å². The molecule has 0 atom stereocenters. The smallest absolute Gasteiger partial charge is 0.339 e. The minimum absolute atomic E-state index is 0.195. The summed E-state index contributed by atoms with van der Waals surface area (Å²) in [6, 6.07) is 5.30.